The summed E-state index contributed by atoms with van der Waals surface area (Å²) in [5, 5.41) is 9.82. The van der Waals surface area contributed by atoms with E-state index in [1.54, 1.807) is 43.5 Å². The Bertz CT molecular complexity index is 1380. The number of benzene rings is 3. The Labute approximate surface area is 207 Å². The first-order chi connectivity index (χ1) is 17.4. The number of methoxy groups -OCH3 is 2. The molecule has 2 N–H and O–H groups in total. The lowest BCUT2D eigenvalue weighted by atomic mass is 9.83. The summed E-state index contributed by atoms with van der Waals surface area (Å²) in [7, 11) is 3.06. The predicted octanol–water partition coefficient (Wildman–Crippen LogP) is 4.43. The first-order valence-electron chi connectivity index (χ1n) is 10.9. The monoisotopic (exact) mass is 490 g/mol. The zero-order valence-corrected chi connectivity index (χ0v) is 19.8. The fraction of sp³-hybridized carbons (Fsp3) is 0.185. The van der Waals surface area contributed by atoms with Gasteiger partial charge in [-0.3, -0.25) is 0 Å². The largest absolute Gasteiger partial charge is 0.497 e. The smallest absolute Gasteiger partial charge is 0.352 e. The number of rotatable bonds is 7. The third kappa shape index (κ3) is 4.74. The number of esters is 1. The van der Waals surface area contributed by atoms with Crippen LogP contribution in [0, 0.1) is 17.1 Å². The van der Waals surface area contributed by atoms with E-state index in [1.165, 1.54) is 38.3 Å². The molecule has 0 saturated heterocycles. The van der Waals surface area contributed by atoms with Crippen LogP contribution >= 0.6 is 0 Å². The van der Waals surface area contributed by atoms with Crippen LogP contribution in [0.3, 0.4) is 0 Å². The van der Waals surface area contributed by atoms with Gasteiger partial charge in [0.25, 0.3) is 0 Å². The van der Waals surface area contributed by atoms with E-state index in [2.05, 4.69) is 6.07 Å². The molecule has 0 aliphatic carbocycles. The number of fused-ring (bicyclic) bond motifs is 1. The molecule has 3 aromatic rings. The Balaban J connectivity index is 1.63. The zero-order valence-electron chi connectivity index (χ0n) is 19.8. The quantitative estimate of drug-likeness (QED) is 0.382. The van der Waals surface area contributed by atoms with Gasteiger partial charge in [-0.15, -0.1) is 0 Å². The lowest BCUT2D eigenvalue weighted by Crippen LogP contribution is -2.29. The molecule has 2 atom stereocenters. The summed E-state index contributed by atoms with van der Waals surface area (Å²) >= 11 is 0. The fourth-order valence-electron chi connectivity index (χ4n) is 3.85. The first kappa shape index (κ1) is 24.4. The number of para-hydroxylation sites is 1. The van der Waals surface area contributed by atoms with Crippen LogP contribution in [0.25, 0.3) is 0 Å². The predicted molar refractivity (Wildman–Crippen MR) is 127 cm³/mol. The van der Waals surface area contributed by atoms with Gasteiger partial charge in [0.1, 0.15) is 34.6 Å². The molecule has 0 aromatic heterocycles. The zero-order chi connectivity index (χ0) is 25.8. The number of carbonyl (C=O) groups is 1. The fourth-order valence-corrected chi connectivity index (χ4v) is 3.85. The lowest BCUT2D eigenvalue weighted by Gasteiger charge is -2.28. The molecule has 8 nitrogen and oxygen atoms in total. The lowest BCUT2D eigenvalue weighted by molar-refractivity contribution is -0.141. The van der Waals surface area contributed by atoms with Gasteiger partial charge in [0.2, 0.25) is 5.88 Å². The van der Waals surface area contributed by atoms with Crippen LogP contribution in [-0.2, 0) is 4.79 Å². The second kappa shape index (κ2) is 10.3. The van der Waals surface area contributed by atoms with Crippen molar-refractivity contribution in [3.05, 3.63) is 89.1 Å². The van der Waals surface area contributed by atoms with Gasteiger partial charge in [-0.2, -0.15) is 5.26 Å². The number of ether oxygens (including phenoxy) is 5. The van der Waals surface area contributed by atoms with E-state index >= 15 is 0 Å². The topological polar surface area (TPSA) is 113 Å². The van der Waals surface area contributed by atoms with Gasteiger partial charge in [0.15, 0.2) is 17.7 Å². The molecular formula is C27H23FN2O6. The van der Waals surface area contributed by atoms with E-state index in [9.17, 15) is 14.4 Å². The molecule has 9 heteroatoms. The van der Waals surface area contributed by atoms with Crippen molar-refractivity contribution in [2.24, 2.45) is 5.73 Å². The van der Waals surface area contributed by atoms with Crippen molar-refractivity contribution in [3.63, 3.8) is 0 Å². The van der Waals surface area contributed by atoms with E-state index in [-0.39, 0.29) is 23.0 Å². The summed E-state index contributed by atoms with van der Waals surface area (Å²) < 4.78 is 41.2. The van der Waals surface area contributed by atoms with Gasteiger partial charge in [-0.1, -0.05) is 24.3 Å². The highest BCUT2D eigenvalue weighted by atomic mass is 19.1. The van der Waals surface area contributed by atoms with E-state index < -0.39 is 23.8 Å². The summed E-state index contributed by atoms with van der Waals surface area (Å²) in [5.74, 6) is -0.485. The molecule has 1 aliphatic rings. The average molecular weight is 490 g/mol. The molecule has 0 amide bonds. The minimum Gasteiger partial charge on any atom is -0.497 e. The van der Waals surface area contributed by atoms with E-state index in [0.717, 1.165) is 0 Å². The van der Waals surface area contributed by atoms with Gasteiger partial charge in [-0.25, -0.2) is 9.18 Å². The third-order valence-electron chi connectivity index (χ3n) is 5.63. The first-order valence-corrected chi connectivity index (χ1v) is 10.9. The second-order valence-corrected chi connectivity index (χ2v) is 7.84. The second-order valence-electron chi connectivity index (χ2n) is 7.84. The molecule has 3 aromatic carbocycles. The number of nitrogens with two attached hydrogens (primary N) is 1. The minimum absolute atomic E-state index is 0.0612. The van der Waals surface area contributed by atoms with Gasteiger partial charge in [0, 0.05) is 23.3 Å². The molecule has 0 bridgehead atoms. The summed E-state index contributed by atoms with van der Waals surface area (Å²) in [6.07, 6.45) is -1.08. The van der Waals surface area contributed by atoms with Crippen molar-refractivity contribution in [1.29, 1.82) is 5.26 Å². The summed E-state index contributed by atoms with van der Waals surface area (Å²) in [5.41, 5.74) is 7.60. The van der Waals surface area contributed by atoms with Gasteiger partial charge in [0.05, 0.1) is 20.1 Å². The molecule has 4 rings (SSSR count). The molecule has 1 heterocycles. The van der Waals surface area contributed by atoms with Crippen molar-refractivity contribution in [3.8, 4) is 34.8 Å². The van der Waals surface area contributed by atoms with Crippen molar-refractivity contribution in [2.75, 3.05) is 14.2 Å². The van der Waals surface area contributed by atoms with Crippen LogP contribution in [0.2, 0.25) is 0 Å². The Kier molecular flexibility index (Phi) is 6.97. The Morgan fingerprint density at radius 2 is 1.75 bits per heavy atom. The molecule has 0 spiro atoms. The molecule has 0 saturated carbocycles. The Morgan fingerprint density at radius 3 is 2.44 bits per heavy atom. The normalized spacial score (nSPS) is 15.1. The van der Waals surface area contributed by atoms with E-state index in [1.807, 2.05) is 0 Å². The van der Waals surface area contributed by atoms with Crippen LogP contribution in [0.4, 0.5) is 4.39 Å². The summed E-state index contributed by atoms with van der Waals surface area (Å²) in [4.78, 5) is 12.6. The SMILES string of the molecule is COc1ccc(C2C(C#N)=C(N)Oc3cc(OC(=O)C(C)Oc4ccccc4F)ccc32)c(OC)c1. The molecule has 184 valence electrons. The van der Waals surface area contributed by atoms with Crippen molar-refractivity contribution < 1.29 is 32.9 Å². The van der Waals surface area contributed by atoms with Gasteiger partial charge < -0.3 is 29.4 Å². The third-order valence-corrected chi connectivity index (χ3v) is 5.63. The summed E-state index contributed by atoms with van der Waals surface area (Å²) in [6, 6.07) is 17.9. The number of nitriles is 1. The Hall–Kier alpha value is -4.71. The standard InChI is InChI=1S/C27H23FN2O6/c1-15(34-22-7-5-4-6-21(22)28)27(31)35-17-9-11-19-24(13-17)36-26(30)20(14-29)25(19)18-10-8-16(32-2)12-23(18)33-3/h4-13,15,25H,30H2,1-3H3. The van der Waals surface area contributed by atoms with Crippen LogP contribution in [0.1, 0.15) is 24.0 Å². The van der Waals surface area contributed by atoms with Crippen LogP contribution in [-0.4, -0.2) is 26.3 Å². The van der Waals surface area contributed by atoms with Crippen LogP contribution in [0.15, 0.2) is 72.1 Å². The van der Waals surface area contributed by atoms with Crippen LogP contribution in [0.5, 0.6) is 28.7 Å². The highest BCUT2D eigenvalue weighted by molar-refractivity contribution is 5.77. The van der Waals surface area contributed by atoms with E-state index in [0.29, 0.717) is 28.4 Å². The molecule has 36 heavy (non-hydrogen) atoms. The minimum atomic E-state index is -1.08. The highest BCUT2D eigenvalue weighted by Gasteiger charge is 2.33. The average Bonchev–Trinajstić information content (AvgIpc) is 2.88. The van der Waals surface area contributed by atoms with Crippen molar-refractivity contribution in [2.45, 2.75) is 18.9 Å². The summed E-state index contributed by atoms with van der Waals surface area (Å²) in [6.45, 7) is 1.45. The number of carbonyl (C=O) groups excluding carboxylic acids is 1. The number of halogens is 1. The molecule has 0 fully saturated rings. The molecular weight excluding hydrogens is 467 g/mol. The number of nitrogens with zero attached hydrogens (tertiary/aromatic N) is 1. The number of hydrogen-bond donors (Lipinski definition) is 1. The van der Waals surface area contributed by atoms with Crippen LogP contribution < -0.4 is 29.4 Å². The number of allylic oxidation sites excluding steroid dienone is 1. The molecule has 2 unspecified atom stereocenters. The van der Waals surface area contributed by atoms with Gasteiger partial charge >= 0.3 is 5.97 Å². The maximum absolute atomic E-state index is 13.9. The maximum Gasteiger partial charge on any atom is 0.352 e. The van der Waals surface area contributed by atoms with Crippen molar-refractivity contribution in [1.82, 2.24) is 0 Å². The number of hydrogen-bond acceptors (Lipinski definition) is 8. The van der Waals surface area contributed by atoms with Crippen molar-refractivity contribution >= 4 is 5.97 Å². The highest BCUT2D eigenvalue weighted by Crippen LogP contribution is 2.46. The molecule has 0 radical (unpaired) electrons. The molecule has 1 aliphatic heterocycles. The van der Waals surface area contributed by atoms with E-state index in [4.69, 9.17) is 29.4 Å². The van der Waals surface area contributed by atoms with Gasteiger partial charge in [-0.05, 0) is 31.2 Å². The maximum atomic E-state index is 13.9. The Morgan fingerprint density at radius 1 is 1.03 bits per heavy atom.